The van der Waals surface area contributed by atoms with Gasteiger partial charge in [0.2, 0.25) is 0 Å². The summed E-state index contributed by atoms with van der Waals surface area (Å²) in [7, 11) is 0. The summed E-state index contributed by atoms with van der Waals surface area (Å²) < 4.78 is 0. The second kappa shape index (κ2) is 3.25. The van der Waals surface area contributed by atoms with E-state index < -0.39 is 0 Å². The van der Waals surface area contributed by atoms with Crippen molar-refractivity contribution in [2.24, 2.45) is 17.8 Å². The lowest BCUT2D eigenvalue weighted by Gasteiger charge is -2.13. The van der Waals surface area contributed by atoms with Crippen LogP contribution in [0, 0.1) is 29.1 Å². The Morgan fingerprint density at radius 2 is 2.30 bits per heavy atom. The molecule has 1 aliphatic rings. The van der Waals surface area contributed by atoms with Crippen LogP contribution in [0.5, 0.6) is 0 Å². The third-order valence-corrected chi connectivity index (χ3v) is 2.61. The van der Waals surface area contributed by atoms with Gasteiger partial charge in [-0.25, -0.2) is 0 Å². The number of hydrogen-bond donors (Lipinski definition) is 0. The molecule has 1 nitrogen and oxygen atoms in total. The smallest absolute Gasteiger partial charge is 0.0656 e. The van der Waals surface area contributed by atoms with Gasteiger partial charge in [0.1, 0.15) is 0 Å². The molecule has 1 rings (SSSR count). The lowest BCUT2D eigenvalue weighted by atomic mass is 9.93. The van der Waals surface area contributed by atoms with Crippen molar-refractivity contribution in [3.05, 3.63) is 0 Å². The molecule has 1 fully saturated rings. The van der Waals surface area contributed by atoms with Gasteiger partial charge in [-0.1, -0.05) is 0 Å². The minimum atomic E-state index is 0.144. The van der Waals surface area contributed by atoms with E-state index in [4.69, 9.17) is 16.9 Å². The van der Waals surface area contributed by atoms with Crippen LogP contribution in [0.2, 0.25) is 0 Å². The molecule has 0 heterocycles. The van der Waals surface area contributed by atoms with Crippen LogP contribution in [-0.2, 0) is 0 Å². The lowest BCUT2D eigenvalue weighted by molar-refractivity contribution is 0.420. The number of alkyl halides is 1. The highest BCUT2D eigenvalue weighted by Gasteiger charge is 2.33. The Labute approximate surface area is 67.0 Å². The molecule has 0 saturated heterocycles. The van der Waals surface area contributed by atoms with Gasteiger partial charge in [-0.15, -0.1) is 11.6 Å². The minimum Gasteiger partial charge on any atom is -0.198 e. The molecule has 0 bridgehead atoms. The fourth-order valence-corrected chi connectivity index (χ4v) is 1.81. The summed E-state index contributed by atoms with van der Waals surface area (Å²) in [6, 6.07) is 2.25. The van der Waals surface area contributed by atoms with E-state index in [1.807, 2.05) is 6.92 Å². The second-order valence-electron chi connectivity index (χ2n) is 3.07. The van der Waals surface area contributed by atoms with Crippen molar-refractivity contribution >= 4 is 11.6 Å². The molecule has 2 heteroatoms. The van der Waals surface area contributed by atoms with Crippen LogP contribution in [0.25, 0.3) is 0 Å². The molecule has 0 spiro atoms. The zero-order chi connectivity index (χ0) is 7.56. The fourth-order valence-electron chi connectivity index (χ4n) is 1.29. The average molecular weight is 158 g/mol. The van der Waals surface area contributed by atoms with Gasteiger partial charge < -0.3 is 0 Å². The van der Waals surface area contributed by atoms with E-state index >= 15 is 0 Å². The second-order valence-corrected chi connectivity index (χ2v) is 3.38. The van der Waals surface area contributed by atoms with Crippen LogP contribution < -0.4 is 0 Å². The first kappa shape index (κ1) is 7.88. The van der Waals surface area contributed by atoms with Crippen molar-refractivity contribution in [1.82, 2.24) is 0 Å². The Hall–Kier alpha value is -0.220. The van der Waals surface area contributed by atoms with Crippen molar-refractivity contribution in [3.8, 4) is 6.07 Å². The van der Waals surface area contributed by atoms with E-state index in [1.54, 1.807) is 0 Å². The van der Waals surface area contributed by atoms with Gasteiger partial charge >= 0.3 is 0 Å². The van der Waals surface area contributed by atoms with E-state index in [0.29, 0.717) is 11.8 Å². The molecule has 1 aliphatic carbocycles. The topological polar surface area (TPSA) is 23.8 Å². The van der Waals surface area contributed by atoms with Crippen molar-refractivity contribution in [2.45, 2.75) is 19.8 Å². The first-order valence-electron chi connectivity index (χ1n) is 3.75. The summed E-state index contributed by atoms with van der Waals surface area (Å²) in [5.74, 6) is 2.00. The van der Waals surface area contributed by atoms with Crippen LogP contribution in [0.4, 0.5) is 0 Å². The molecule has 0 aliphatic heterocycles. The maximum Gasteiger partial charge on any atom is 0.0656 e. The highest BCUT2D eigenvalue weighted by atomic mass is 35.5. The summed E-state index contributed by atoms with van der Waals surface area (Å²) in [6.07, 6.45) is 2.56. The molecule has 1 saturated carbocycles. The van der Waals surface area contributed by atoms with Crippen molar-refractivity contribution in [1.29, 1.82) is 5.26 Å². The average Bonchev–Trinajstić information content (AvgIpc) is 2.73. The quantitative estimate of drug-likeness (QED) is 0.578. The Balaban J connectivity index is 2.40. The molecule has 0 aromatic rings. The van der Waals surface area contributed by atoms with Crippen molar-refractivity contribution < 1.29 is 0 Å². The van der Waals surface area contributed by atoms with E-state index in [2.05, 4.69) is 6.07 Å². The molecule has 0 amide bonds. The third-order valence-electron chi connectivity index (χ3n) is 2.25. The zero-order valence-corrected chi connectivity index (χ0v) is 6.93. The van der Waals surface area contributed by atoms with Gasteiger partial charge in [0.15, 0.2) is 0 Å². The zero-order valence-electron chi connectivity index (χ0n) is 6.18. The predicted molar refractivity (Wildman–Crippen MR) is 41.7 cm³/mol. The predicted octanol–water partition coefficient (Wildman–Crippen LogP) is 2.41. The number of nitriles is 1. The van der Waals surface area contributed by atoms with Gasteiger partial charge in [-0.2, -0.15) is 5.26 Å². The molecular formula is C8H12ClN. The van der Waals surface area contributed by atoms with Crippen LogP contribution >= 0.6 is 11.6 Å². The maximum absolute atomic E-state index is 8.60. The normalized spacial score (nSPS) is 23.3. The fraction of sp³-hybridized carbons (Fsp3) is 0.875. The standard InChI is InChI=1S/C8H12ClN/c1-6(5-10)8(4-9)7-2-3-7/h6-8H,2-4H2,1H3. The van der Waals surface area contributed by atoms with E-state index in [-0.39, 0.29) is 5.92 Å². The molecule has 0 aromatic heterocycles. The summed E-state index contributed by atoms with van der Waals surface area (Å²) in [5.41, 5.74) is 0. The molecule has 0 aromatic carbocycles. The van der Waals surface area contributed by atoms with E-state index in [9.17, 15) is 0 Å². The van der Waals surface area contributed by atoms with Crippen molar-refractivity contribution in [2.75, 3.05) is 5.88 Å². The highest BCUT2D eigenvalue weighted by molar-refractivity contribution is 6.18. The summed E-state index contributed by atoms with van der Waals surface area (Å²) in [6.45, 7) is 1.96. The molecule has 2 atom stereocenters. The van der Waals surface area contributed by atoms with E-state index in [1.165, 1.54) is 12.8 Å². The highest BCUT2D eigenvalue weighted by Crippen LogP contribution is 2.40. The summed E-state index contributed by atoms with van der Waals surface area (Å²) >= 11 is 5.73. The van der Waals surface area contributed by atoms with Crippen LogP contribution in [-0.4, -0.2) is 5.88 Å². The number of nitrogens with zero attached hydrogens (tertiary/aromatic N) is 1. The summed E-state index contributed by atoms with van der Waals surface area (Å²) in [4.78, 5) is 0. The molecule has 0 N–H and O–H groups in total. The Bertz CT molecular complexity index is 146. The lowest BCUT2D eigenvalue weighted by Crippen LogP contribution is -2.13. The first-order valence-corrected chi connectivity index (χ1v) is 4.28. The first-order chi connectivity index (χ1) is 4.79. The maximum atomic E-state index is 8.60. The van der Waals surface area contributed by atoms with Gasteiger partial charge in [-0.05, 0) is 31.6 Å². The summed E-state index contributed by atoms with van der Waals surface area (Å²) in [5, 5.41) is 8.60. The van der Waals surface area contributed by atoms with Gasteiger partial charge in [-0.3, -0.25) is 0 Å². The van der Waals surface area contributed by atoms with Gasteiger partial charge in [0.25, 0.3) is 0 Å². The van der Waals surface area contributed by atoms with Gasteiger partial charge in [0, 0.05) is 11.8 Å². The van der Waals surface area contributed by atoms with Crippen molar-refractivity contribution in [3.63, 3.8) is 0 Å². The Morgan fingerprint density at radius 1 is 1.70 bits per heavy atom. The number of hydrogen-bond acceptors (Lipinski definition) is 1. The minimum absolute atomic E-state index is 0.144. The largest absolute Gasteiger partial charge is 0.198 e. The number of halogens is 1. The van der Waals surface area contributed by atoms with Crippen LogP contribution in [0.1, 0.15) is 19.8 Å². The van der Waals surface area contributed by atoms with Gasteiger partial charge in [0.05, 0.1) is 6.07 Å². The molecule has 0 radical (unpaired) electrons. The molecule has 2 unspecified atom stereocenters. The third kappa shape index (κ3) is 1.64. The van der Waals surface area contributed by atoms with Crippen LogP contribution in [0.15, 0.2) is 0 Å². The Morgan fingerprint density at radius 3 is 2.60 bits per heavy atom. The molecular weight excluding hydrogens is 146 g/mol. The Kier molecular flexibility index (Phi) is 2.56. The van der Waals surface area contributed by atoms with E-state index in [0.717, 1.165) is 5.92 Å². The molecule has 10 heavy (non-hydrogen) atoms. The van der Waals surface area contributed by atoms with Crippen LogP contribution in [0.3, 0.4) is 0 Å². The molecule has 56 valence electrons. The number of rotatable bonds is 3. The SMILES string of the molecule is CC(C#N)C(CCl)C1CC1. The monoisotopic (exact) mass is 157 g/mol.